The molecule has 0 saturated heterocycles. The highest BCUT2D eigenvalue weighted by molar-refractivity contribution is 7.89. The highest BCUT2D eigenvalue weighted by Crippen LogP contribution is 2.22. The molecule has 11 heteroatoms. The molecule has 0 bridgehead atoms. The average Bonchev–Trinajstić information content (AvgIpc) is 2.75. The first-order chi connectivity index (χ1) is 15.0. The van der Waals surface area contributed by atoms with Gasteiger partial charge in [-0.15, -0.1) is 0 Å². The van der Waals surface area contributed by atoms with Crippen LogP contribution in [0.15, 0.2) is 52.2 Å². The Kier molecular flexibility index (Phi) is 6.42. The number of carbonyl (C=O) groups excluding carboxylic acids is 2. The fraction of sp³-hybridized carbons (Fsp3) is 0.238. The van der Waals surface area contributed by atoms with E-state index in [0.717, 1.165) is 8.99 Å². The molecule has 1 amide bonds. The van der Waals surface area contributed by atoms with Crippen molar-refractivity contribution in [3.05, 3.63) is 64.1 Å². The van der Waals surface area contributed by atoms with Crippen LogP contribution in [0.1, 0.15) is 16.1 Å². The topological polar surface area (TPSA) is 128 Å². The first-order valence-corrected chi connectivity index (χ1v) is 10.9. The minimum Gasteiger partial charge on any atom is -0.451 e. The van der Waals surface area contributed by atoms with E-state index in [-0.39, 0.29) is 21.8 Å². The Morgan fingerprint density at radius 3 is 2.44 bits per heavy atom. The number of amides is 1. The smallest absolute Gasteiger partial charge is 0.359 e. The van der Waals surface area contributed by atoms with E-state index < -0.39 is 28.5 Å². The van der Waals surface area contributed by atoms with E-state index in [1.54, 1.807) is 43.3 Å². The van der Waals surface area contributed by atoms with Crippen LogP contribution in [0.25, 0.3) is 10.8 Å². The zero-order chi connectivity index (χ0) is 23.6. The monoisotopic (exact) mass is 458 g/mol. The van der Waals surface area contributed by atoms with Crippen molar-refractivity contribution in [2.75, 3.05) is 26.0 Å². The Balaban J connectivity index is 1.75. The quantitative estimate of drug-likeness (QED) is 0.551. The Bertz CT molecular complexity index is 1380. The van der Waals surface area contributed by atoms with Crippen molar-refractivity contribution < 1.29 is 22.7 Å². The van der Waals surface area contributed by atoms with E-state index in [0.29, 0.717) is 16.3 Å². The summed E-state index contributed by atoms with van der Waals surface area (Å²) >= 11 is 0. The summed E-state index contributed by atoms with van der Waals surface area (Å²) in [6.45, 7) is 1.02. The second-order valence-electron chi connectivity index (χ2n) is 7.21. The van der Waals surface area contributed by atoms with Crippen LogP contribution in [-0.2, 0) is 26.6 Å². The van der Waals surface area contributed by atoms with Gasteiger partial charge in [0.1, 0.15) is 0 Å². The van der Waals surface area contributed by atoms with Crippen molar-refractivity contribution in [3.8, 4) is 0 Å². The maximum atomic E-state index is 12.5. The maximum Gasteiger partial charge on any atom is 0.359 e. The Morgan fingerprint density at radius 2 is 1.78 bits per heavy atom. The lowest BCUT2D eigenvalue weighted by atomic mass is 10.1. The van der Waals surface area contributed by atoms with E-state index in [1.165, 1.54) is 27.2 Å². The van der Waals surface area contributed by atoms with Crippen LogP contribution in [0.3, 0.4) is 0 Å². The lowest BCUT2D eigenvalue weighted by molar-refractivity contribution is -0.119. The van der Waals surface area contributed by atoms with E-state index in [4.69, 9.17) is 4.74 Å². The number of hydrogen-bond donors (Lipinski definition) is 1. The van der Waals surface area contributed by atoms with Gasteiger partial charge in [0.25, 0.3) is 11.5 Å². The molecular weight excluding hydrogens is 436 g/mol. The normalized spacial score (nSPS) is 11.5. The van der Waals surface area contributed by atoms with Gasteiger partial charge in [-0.3, -0.25) is 9.59 Å². The number of fused-ring (bicyclic) bond motifs is 1. The number of hydrogen-bond acceptors (Lipinski definition) is 7. The van der Waals surface area contributed by atoms with Crippen LogP contribution in [0.2, 0.25) is 0 Å². The molecule has 1 aromatic heterocycles. The highest BCUT2D eigenvalue weighted by atomic mass is 32.2. The van der Waals surface area contributed by atoms with E-state index in [2.05, 4.69) is 10.4 Å². The lowest BCUT2D eigenvalue weighted by Gasteiger charge is -2.15. The molecule has 32 heavy (non-hydrogen) atoms. The van der Waals surface area contributed by atoms with Gasteiger partial charge >= 0.3 is 5.97 Å². The largest absolute Gasteiger partial charge is 0.451 e. The molecule has 0 aliphatic rings. The molecule has 0 saturated carbocycles. The molecule has 0 spiro atoms. The number of ether oxygens (including phenoxy) is 1. The first kappa shape index (κ1) is 23.1. The number of rotatable bonds is 6. The third-order valence-corrected chi connectivity index (χ3v) is 6.67. The third kappa shape index (κ3) is 4.53. The number of aromatic nitrogens is 2. The maximum absolute atomic E-state index is 12.5. The molecule has 0 unspecified atom stereocenters. The molecule has 3 aromatic rings. The summed E-state index contributed by atoms with van der Waals surface area (Å²) in [4.78, 5) is 37.0. The number of benzene rings is 2. The standard InChI is InChI=1S/C21H22N4O6S/c1-13-9-10-14(11-17(13)32(29,30)24(2)3)22-18(26)12-31-21(28)19-15-7-5-6-8-16(15)20(27)25(4)23-19/h5-11H,12H2,1-4H3,(H,22,26). The number of nitrogens with zero attached hydrogens (tertiary/aromatic N) is 3. The Labute approximate surface area is 184 Å². The van der Waals surface area contributed by atoms with Crippen molar-refractivity contribution >= 4 is 38.4 Å². The van der Waals surface area contributed by atoms with Gasteiger partial charge in [-0.1, -0.05) is 24.3 Å². The van der Waals surface area contributed by atoms with Crippen molar-refractivity contribution in [2.45, 2.75) is 11.8 Å². The van der Waals surface area contributed by atoms with Crippen molar-refractivity contribution in [1.29, 1.82) is 0 Å². The molecule has 1 heterocycles. The van der Waals surface area contributed by atoms with Crippen LogP contribution in [0.5, 0.6) is 0 Å². The van der Waals surface area contributed by atoms with Gasteiger partial charge in [-0.2, -0.15) is 5.10 Å². The molecule has 0 fully saturated rings. The number of sulfonamides is 1. The number of nitrogens with one attached hydrogen (secondary N) is 1. The predicted octanol–water partition coefficient (Wildman–Crippen LogP) is 1.29. The summed E-state index contributed by atoms with van der Waals surface area (Å²) < 4.78 is 32.0. The summed E-state index contributed by atoms with van der Waals surface area (Å²) in [6, 6.07) is 10.9. The second-order valence-corrected chi connectivity index (χ2v) is 9.34. The fourth-order valence-corrected chi connectivity index (χ4v) is 4.14. The molecule has 3 rings (SSSR count). The van der Waals surface area contributed by atoms with Crippen LogP contribution in [0.4, 0.5) is 5.69 Å². The van der Waals surface area contributed by atoms with E-state index in [1.807, 2.05) is 0 Å². The van der Waals surface area contributed by atoms with Gasteiger partial charge in [-0.05, 0) is 30.7 Å². The van der Waals surface area contributed by atoms with Crippen LogP contribution >= 0.6 is 0 Å². The zero-order valence-corrected chi connectivity index (χ0v) is 18.8. The molecule has 0 radical (unpaired) electrons. The number of esters is 1. The molecule has 0 aliphatic carbocycles. The lowest BCUT2D eigenvalue weighted by Crippen LogP contribution is -2.26. The highest BCUT2D eigenvalue weighted by Gasteiger charge is 2.21. The van der Waals surface area contributed by atoms with Crippen molar-refractivity contribution in [1.82, 2.24) is 14.1 Å². The summed E-state index contributed by atoms with van der Waals surface area (Å²) in [7, 11) is 0.543. The van der Waals surface area contributed by atoms with Crippen LogP contribution in [-0.4, -0.2) is 55.1 Å². The van der Waals surface area contributed by atoms with Crippen LogP contribution < -0.4 is 10.9 Å². The van der Waals surface area contributed by atoms with Crippen LogP contribution in [0, 0.1) is 6.92 Å². The second kappa shape index (κ2) is 8.89. The summed E-state index contributed by atoms with van der Waals surface area (Å²) in [6.07, 6.45) is 0. The van der Waals surface area contributed by atoms with Gasteiger partial charge in [0.15, 0.2) is 12.3 Å². The first-order valence-electron chi connectivity index (χ1n) is 9.48. The van der Waals surface area contributed by atoms with Crippen molar-refractivity contribution in [2.24, 2.45) is 7.05 Å². The van der Waals surface area contributed by atoms with E-state index in [9.17, 15) is 22.8 Å². The van der Waals surface area contributed by atoms with Gasteiger partial charge in [0.05, 0.1) is 10.3 Å². The van der Waals surface area contributed by atoms with Gasteiger partial charge in [0, 0.05) is 32.2 Å². The zero-order valence-electron chi connectivity index (χ0n) is 17.9. The molecule has 0 atom stereocenters. The minimum atomic E-state index is -3.70. The number of aryl methyl sites for hydroxylation is 2. The van der Waals surface area contributed by atoms with E-state index >= 15 is 0 Å². The minimum absolute atomic E-state index is 0.0539. The Morgan fingerprint density at radius 1 is 1.12 bits per heavy atom. The number of carbonyl (C=O) groups is 2. The molecule has 1 N–H and O–H groups in total. The molecule has 10 nitrogen and oxygen atoms in total. The SMILES string of the molecule is Cc1ccc(NC(=O)COC(=O)c2nn(C)c(=O)c3ccccc23)cc1S(=O)(=O)N(C)C. The predicted molar refractivity (Wildman–Crippen MR) is 118 cm³/mol. The van der Waals surface area contributed by atoms with Crippen molar-refractivity contribution in [3.63, 3.8) is 0 Å². The third-order valence-electron chi connectivity index (χ3n) is 4.71. The van der Waals surface area contributed by atoms with Gasteiger partial charge < -0.3 is 10.1 Å². The molecule has 2 aromatic carbocycles. The molecular formula is C21H22N4O6S. The van der Waals surface area contributed by atoms with Gasteiger partial charge in [-0.25, -0.2) is 22.2 Å². The summed E-state index contributed by atoms with van der Waals surface area (Å²) in [5.41, 5.74) is 0.307. The molecule has 0 aliphatic heterocycles. The average molecular weight is 458 g/mol. The van der Waals surface area contributed by atoms with Gasteiger partial charge in [0.2, 0.25) is 10.0 Å². The Hall–Kier alpha value is -3.57. The summed E-state index contributed by atoms with van der Waals surface area (Å²) in [5, 5.41) is 7.08. The molecule has 168 valence electrons. The number of anilines is 1. The summed E-state index contributed by atoms with van der Waals surface area (Å²) in [5.74, 6) is -1.53. The fourth-order valence-electron chi connectivity index (χ4n) is 3.00.